The molecule has 0 aliphatic heterocycles. The first-order valence-corrected chi connectivity index (χ1v) is 8.83. The summed E-state index contributed by atoms with van der Waals surface area (Å²) in [5.41, 5.74) is 4.81. The van der Waals surface area contributed by atoms with E-state index in [4.69, 9.17) is 0 Å². The van der Waals surface area contributed by atoms with Crippen molar-refractivity contribution in [3.63, 3.8) is 0 Å². The highest BCUT2D eigenvalue weighted by Crippen LogP contribution is 2.28. The van der Waals surface area contributed by atoms with E-state index in [0.29, 0.717) is 5.75 Å². The molecule has 0 spiro atoms. The van der Waals surface area contributed by atoms with Crippen molar-refractivity contribution in [3.05, 3.63) is 58.7 Å². The molecule has 2 heterocycles. The normalized spacial score (nSPS) is 10.8. The molecule has 0 unspecified atom stereocenters. The number of carbonyl (C=O) groups excluding carboxylic acids is 1. The Hall–Kier alpha value is -1.85. The summed E-state index contributed by atoms with van der Waals surface area (Å²) in [4.78, 5) is 20.0. The Bertz CT molecular complexity index is 790. The lowest BCUT2D eigenvalue weighted by Crippen LogP contribution is -2.02. The summed E-state index contributed by atoms with van der Waals surface area (Å²) in [7, 11) is 0. The highest BCUT2D eigenvalue weighted by Gasteiger charge is 2.13. The number of Topliss-reactive ketones (excluding diaryl/α,β-unsaturated/α-hetero) is 1. The largest absolute Gasteiger partial charge is 0.362 e. The zero-order valence-electron chi connectivity index (χ0n) is 12.4. The molecule has 2 aromatic heterocycles. The number of thioether (sulfide) groups is 1. The quantitative estimate of drug-likeness (QED) is 0.544. The van der Waals surface area contributed by atoms with Crippen molar-refractivity contribution in [1.82, 2.24) is 9.97 Å². The Balaban J connectivity index is 1.66. The van der Waals surface area contributed by atoms with E-state index < -0.39 is 0 Å². The monoisotopic (exact) mass is 328 g/mol. The molecule has 0 atom stereocenters. The van der Waals surface area contributed by atoms with Crippen LogP contribution in [0.25, 0.3) is 11.3 Å². The molecule has 0 saturated heterocycles. The van der Waals surface area contributed by atoms with Crippen LogP contribution in [0.2, 0.25) is 0 Å². The molecule has 0 fully saturated rings. The number of hydrogen-bond acceptors (Lipinski definition) is 4. The summed E-state index contributed by atoms with van der Waals surface area (Å²) in [5.74, 6) is 0.558. The van der Waals surface area contributed by atoms with Gasteiger partial charge in [0.15, 0.2) is 10.1 Å². The fourth-order valence-corrected chi connectivity index (χ4v) is 4.00. The van der Waals surface area contributed by atoms with Crippen LogP contribution in [0.3, 0.4) is 0 Å². The van der Waals surface area contributed by atoms with Crippen molar-refractivity contribution in [2.24, 2.45) is 0 Å². The molecule has 1 aromatic carbocycles. The van der Waals surface area contributed by atoms with Gasteiger partial charge in [0.05, 0.1) is 11.4 Å². The molecule has 22 heavy (non-hydrogen) atoms. The minimum Gasteiger partial charge on any atom is -0.362 e. The van der Waals surface area contributed by atoms with E-state index in [0.717, 1.165) is 32.5 Å². The van der Waals surface area contributed by atoms with Crippen molar-refractivity contribution < 1.29 is 4.79 Å². The van der Waals surface area contributed by atoms with Crippen molar-refractivity contribution >= 4 is 28.9 Å². The highest BCUT2D eigenvalue weighted by atomic mass is 32.2. The van der Waals surface area contributed by atoms with Crippen molar-refractivity contribution in [2.45, 2.75) is 18.2 Å². The van der Waals surface area contributed by atoms with Crippen LogP contribution in [0.1, 0.15) is 21.7 Å². The Morgan fingerprint density at radius 3 is 2.73 bits per heavy atom. The van der Waals surface area contributed by atoms with Crippen LogP contribution in [-0.2, 0) is 0 Å². The van der Waals surface area contributed by atoms with Gasteiger partial charge < -0.3 is 4.98 Å². The molecule has 3 aromatic rings. The number of ketones is 1. The van der Waals surface area contributed by atoms with Crippen LogP contribution in [0, 0.1) is 13.8 Å². The van der Waals surface area contributed by atoms with Crippen molar-refractivity contribution in [3.8, 4) is 11.3 Å². The first-order valence-electron chi connectivity index (χ1n) is 6.96. The summed E-state index contributed by atoms with van der Waals surface area (Å²) >= 11 is 3.08. The third kappa shape index (κ3) is 3.31. The maximum Gasteiger partial charge on any atom is 0.174 e. The molecule has 112 valence electrons. The molecule has 3 rings (SSSR count). The van der Waals surface area contributed by atoms with E-state index >= 15 is 0 Å². The molecule has 0 aliphatic rings. The number of H-pyrrole nitrogens is 1. The zero-order chi connectivity index (χ0) is 15.5. The molecule has 0 radical (unpaired) electrons. The number of benzene rings is 1. The van der Waals surface area contributed by atoms with Gasteiger partial charge in [-0.25, -0.2) is 4.98 Å². The number of carbonyl (C=O) groups is 1. The number of aromatic nitrogens is 2. The van der Waals surface area contributed by atoms with E-state index in [1.54, 1.807) is 11.3 Å². The number of nitrogens with one attached hydrogen (secondary N) is 1. The van der Waals surface area contributed by atoms with Crippen LogP contribution < -0.4 is 0 Å². The van der Waals surface area contributed by atoms with Crippen LogP contribution in [0.4, 0.5) is 0 Å². The fraction of sp³-hybridized carbons (Fsp3) is 0.176. The average Bonchev–Trinajstić information content (AvgIpc) is 3.12. The van der Waals surface area contributed by atoms with Gasteiger partial charge in [0.1, 0.15) is 0 Å². The molecule has 5 heteroatoms. The molecule has 0 aliphatic carbocycles. The smallest absolute Gasteiger partial charge is 0.174 e. The molecule has 0 amide bonds. The molecule has 1 N–H and O–H groups in total. The van der Waals surface area contributed by atoms with Crippen LogP contribution >= 0.6 is 23.1 Å². The van der Waals surface area contributed by atoms with Gasteiger partial charge in [-0.3, -0.25) is 4.79 Å². The second-order valence-corrected chi connectivity index (χ2v) is 7.15. The second-order valence-electron chi connectivity index (χ2n) is 5.07. The van der Waals surface area contributed by atoms with Crippen LogP contribution in [0.15, 0.2) is 46.1 Å². The molecule has 3 nitrogen and oxygen atoms in total. The van der Waals surface area contributed by atoms with Gasteiger partial charge >= 0.3 is 0 Å². The molecular weight excluding hydrogens is 312 g/mol. The summed E-state index contributed by atoms with van der Waals surface area (Å²) in [5, 5.41) is 2.04. The summed E-state index contributed by atoms with van der Waals surface area (Å²) in [6, 6.07) is 12.0. The minimum absolute atomic E-state index is 0.142. The standard InChI is InChI=1S/C17H16N2OS2/c1-11-8-14(12(2)18-11)16(20)10-22-17-19-15(9-21-17)13-6-4-3-5-7-13/h3-9,18H,10H2,1-2H3. The molecule has 0 bridgehead atoms. The van der Waals surface area contributed by atoms with Gasteiger partial charge in [-0.15, -0.1) is 11.3 Å². The number of aromatic amines is 1. The zero-order valence-corrected chi connectivity index (χ0v) is 14.1. The van der Waals surface area contributed by atoms with Crippen LogP contribution in [0.5, 0.6) is 0 Å². The van der Waals surface area contributed by atoms with Crippen molar-refractivity contribution in [1.29, 1.82) is 0 Å². The topological polar surface area (TPSA) is 45.8 Å². The van der Waals surface area contributed by atoms with E-state index in [9.17, 15) is 4.79 Å². The van der Waals surface area contributed by atoms with Crippen molar-refractivity contribution in [2.75, 3.05) is 5.75 Å². The maximum atomic E-state index is 12.3. The van der Waals surface area contributed by atoms with Crippen LogP contribution in [-0.4, -0.2) is 21.5 Å². The Kier molecular flexibility index (Phi) is 4.45. The first-order chi connectivity index (χ1) is 10.6. The number of hydrogen-bond donors (Lipinski definition) is 1. The highest BCUT2D eigenvalue weighted by molar-refractivity contribution is 8.01. The number of nitrogens with zero attached hydrogens (tertiary/aromatic N) is 1. The predicted octanol–water partition coefficient (Wildman–Crippen LogP) is 4.73. The third-order valence-corrected chi connectivity index (χ3v) is 5.35. The Morgan fingerprint density at radius 1 is 1.27 bits per heavy atom. The van der Waals surface area contributed by atoms with Gasteiger partial charge in [-0.1, -0.05) is 42.1 Å². The first kappa shape index (κ1) is 15.1. The Labute approximate surface area is 137 Å². The molecular formula is C17H16N2OS2. The van der Waals surface area contributed by atoms with E-state index in [2.05, 4.69) is 9.97 Å². The van der Waals surface area contributed by atoms with E-state index in [-0.39, 0.29) is 5.78 Å². The average molecular weight is 328 g/mol. The van der Waals surface area contributed by atoms with Gasteiger partial charge in [0, 0.05) is 27.9 Å². The summed E-state index contributed by atoms with van der Waals surface area (Å²) in [6.45, 7) is 3.89. The number of thiazole rings is 1. The lowest BCUT2D eigenvalue weighted by atomic mass is 10.2. The fourth-order valence-electron chi connectivity index (χ4n) is 2.28. The summed E-state index contributed by atoms with van der Waals surface area (Å²) in [6.07, 6.45) is 0. The SMILES string of the molecule is Cc1cc(C(=O)CSc2nc(-c3ccccc3)cs2)c(C)[nH]1. The third-order valence-electron chi connectivity index (χ3n) is 3.33. The number of rotatable bonds is 5. The summed E-state index contributed by atoms with van der Waals surface area (Å²) < 4.78 is 0.928. The predicted molar refractivity (Wildman–Crippen MR) is 92.9 cm³/mol. The molecule has 0 saturated carbocycles. The van der Waals surface area contributed by atoms with Gasteiger partial charge in [0.2, 0.25) is 0 Å². The lowest BCUT2D eigenvalue weighted by molar-refractivity contribution is 0.102. The van der Waals surface area contributed by atoms with Gasteiger partial charge in [0.25, 0.3) is 0 Å². The Morgan fingerprint density at radius 2 is 2.05 bits per heavy atom. The second kappa shape index (κ2) is 6.50. The van der Waals surface area contributed by atoms with E-state index in [1.165, 1.54) is 11.8 Å². The van der Waals surface area contributed by atoms with Gasteiger partial charge in [-0.05, 0) is 19.9 Å². The maximum absolute atomic E-state index is 12.3. The minimum atomic E-state index is 0.142. The van der Waals surface area contributed by atoms with E-state index in [1.807, 2.05) is 55.6 Å². The lowest BCUT2D eigenvalue weighted by Gasteiger charge is -1.98. The number of aryl methyl sites for hydroxylation is 2. The van der Waals surface area contributed by atoms with Gasteiger partial charge in [-0.2, -0.15) is 0 Å².